The van der Waals surface area contributed by atoms with Crippen LogP contribution in [0.2, 0.25) is 0 Å². The van der Waals surface area contributed by atoms with E-state index in [2.05, 4.69) is 10.3 Å². The van der Waals surface area contributed by atoms with Crippen LogP contribution >= 0.6 is 0 Å². The molecule has 2 fully saturated rings. The van der Waals surface area contributed by atoms with E-state index < -0.39 is 0 Å². The van der Waals surface area contributed by atoms with Crippen LogP contribution in [-0.4, -0.2) is 23.2 Å². The zero-order valence-corrected chi connectivity index (χ0v) is 7.98. The van der Waals surface area contributed by atoms with Gasteiger partial charge in [0.05, 0.1) is 17.9 Å². The molecule has 0 amide bonds. The Hall–Kier alpha value is -0.870. The summed E-state index contributed by atoms with van der Waals surface area (Å²) in [6.07, 6.45) is 7.70. The van der Waals surface area contributed by atoms with Crippen LogP contribution in [-0.2, 0) is 11.3 Å². The maximum absolute atomic E-state index is 5.75. The Labute approximate surface area is 82.7 Å². The molecule has 4 heteroatoms. The van der Waals surface area contributed by atoms with Crippen LogP contribution in [0.5, 0.6) is 0 Å². The van der Waals surface area contributed by atoms with Gasteiger partial charge in [-0.05, 0) is 19.3 Å². The van der Waals surface area contributed by atoms with Gasteiger partial charge in [0.25, 0.3) is 0 Å². The Morgan fingerprint density at radius 2 is 2.50 bits per heavy atom. The molecule has 3 atom stereocenters. The van der Waals surface area contributed by atoms with Crippen molar-refractivity contribution in [3.05, 3.63) is 18.4 Å². The van der Waals surface area contributed by atoms with E-state index in [0.717, 1.165) is 18.7 Å². The molecule has 76 valence electrons. The number of ether oxygens (including phenoxy) is 1. The molecule has 3 heterocycles. The zero-order valence-electron chi connectivity index (χ0n) is 7.98. The van der Waals surface area contributed by atoms with Crippen molar-refractivity contribution < 1.29 is 9.15 Å². The molecular formula is C10H14N2O2. The van der Waals surface area contributed by atoms with E-state index in [4.69, 9.17) is 9.15 Å². The lowest BCUT2D eigenvalue weighted by molar-refractivity contribution is 0.0972. The van der Waals surface area contributed by atoms with Crippen molar-refractivity contribution >= 4 is 0 Å². The molecule has 0 spiro atoms. The second kappa shape index (κ2) is 3.37. The number of hydrogen-bond acceptors (Lipinski definition) is 4. The van der Waals surface area contributed by atoms with Gasteiger partial charge in [-0.1, -0.05) is 0 Å². The Balaban J connectivity index is 1.54. The number of nitrogens with one attached hydrogen (secondary N) is 1. The summed E-state index contributed by atoms with van der Waals surface area (Å²) in [5.41, 5.74) is 0.966. The van der Waals surface area contributed by atoms with Crippen molar-refractivity contribution in [2.45, 2.75) is 44.1 Å². The van der Waals surface area contributed by atoms with Crippen molar-refractivity contribution in [3.63, 3.8) is 0 Å². The minimum absolute atomic E-state index is 0.437. The summed E-state index contributed by atoms with van der Waals surface area (Å²) in [6, 6.07) is 0.519. The molecule has 0 saturated carbocycles. The number of hydrogen-bond donors (Lipinski definition) is 1. The van der Waals surface area contributed by atoms with E-state index in [-0.39, 0.29) is 0 Å². The summed E-state index contributed by atoms with van der Waals surface area (Å²) < 4.78 is 10.7. The SMILES string of the molecule is c1nc(CN[C@@H]2C[C@H]3CC[C@@H]2O3)co1. The monoisotopic (exact) mass is 194 g/mol. The highest BCUT2D eigenvalue weighted by Gasteiger charge is 2.40. The van der Waals surface area contributed by atoms with Crippen molar-refractivity contribution in [1.82, 2.24) is 10.3 Å². The van der Waals surface area contributed by atoms with Crippen LogP contribution in [0.3, 0.4) is 0 Å². The minimum Gasteiger partial charge on any atom is -0.451 e. The van der Waals surface area contributed by atoms with Gasteiger partial charge in [-0.3, -0.25) is 0 Å². The standard InChI is InChI=1S/C10H14N2O2/c1-2-10-9(3-8(1)14-10)11-4-7-5-13-6-12-7/h5-6,8-11H,1-4H2/t8-,9-,10+/m1/s1. The summed E-state index contributed by atoms with van der Waals surface area (Å²) in [5.74, 6) is 0. The average molecular weight is 194 g/mol. The predicted molar refractivity (Wildman–Crippen MR) is 49.6 cm³/mol. The molecule has 4 nitrogen and oxygen atoms in total. The lowest BCUT2D eigenvalue weighted by atomic mass is 9.95. The molecule has 3 rings (SSSR count). The first-order valence-electron chi connectivity index (χ1n) is 5.18. The molecule has 0 unspecified atom stereocenters. The van der Waals surface area contributed by atoms with Crippen molar-refractivity contribution in [3.8, 4) is 0 Å². The predicted octanol–water partition coefficient (Wildman–Crippen LogP) is 1.08. The largest absolute Gasteiger partial charge is 0.451 e. The first-order valence-corrected chi connectivity index (χ1v) is 5.18. The third-order valence-corrected chi connectivity index (χ3v) is 3.13. The van der Waals surface area contributed by atoms with Gasteiger partial charge in [0.15, 0.2) is 6.39 Å². The van der Waals surface area contributed by atoms with Crippen molar-refractivity contribution in [2.75, 3.05) is 0 Å². The summed E-state index contributed by atoms with van der Waals surface area (Å²) >= 11 is 0. The number of aromatic nitrogens is 1. The van der Waals surface area contributed by atoms with Crippen LogP contribution in [0.15, 0.2) is 17.1 Å². The smallest absolute Gasteiger partial charge is 0.180 e. The third-order valence-electron chi connectivity index (χ3n) is 3.13. The number of fused-ring (bicyclic) bond motifs is 2. The van der Waals surface area contributed by atoms with Gasteiger partial charge < -0.3 is 14.5 Å². The molecule has 14 heavy (non-hydrogen) atoms. The van der Waals surface area contributed by atoms with Gasteiger partial charge in [0.2, 0.25) is 0 Å². The van der Waals surface area contributed by atoms with Crippen molar-refractivity contribution in [2.24, 2.45) is 0 Å². The quantitative estimate of drug-likeness (QED) is 0.782. The van der Waals surface area contributed by atoms with E-state index in [1.807, 2.05) is 0 Å². The molecule has 2 bridgehead atoms. The maximum atomic E-state index is 5.75. The van der Waals surface area contributed by atoms with E-state index in [1.54, 1.807) is 6.26 Å². The molecule has 0 aliphatic carbocycles. The first kappa shape index (κ1) is 8.44. The summed E-state index contributed by atoms with van der Waals surface area (Å²) in [7, 11) is 0. The van der Waals surface area contributed by atoms with Gasteiger partial charge in [0, 0.05) is 12.6 Å². The molecule has 0 aromatic carbocycles. The second-order valence-electron chi connectivity index (χ2n) is 4.08. The second-order valence-corrected chi connectivity index (χ2v) is 4.08. The fraction of sp³-hybridized carbons (Fsp3) is 0.700. The molecular weight excluding hydrogens is 180 g/mol. The van der Waals surface area contributed by atoms with E-state index >= 15 is 0 Å². The van der Waals surface area contributed by atoms with Crippen LogP contribution < -0.4 is 5.32 Å². The third kappa shape index (κ3) is 1.44. The Kier molecular flexibility index (Phi) is 2.03. The summed E-state index contributed by atoms with van der Waals surface area (Å²) in [6.45, 7) is 0.785. The van der Waals surface area contributed by atoms with E-state index in [0.29, 0.717) is 18.2 Å². The zero-order chi connectivity index (χ0) is 9.38. The van der Waals surface area contributed by atoms with Crippen LogP contribution in [0.4, 0.5) is 0 Å². The van der Waals surface area contributed by atoms with E-state index in [1.165, 1.54) is 19.2 Å². The molecule has 0 radical (unpaired) electrons. The summed E-state index contributed by atoms with van der Waals surface area (Å²) in [4.78, 5) is 4.07. The lowest BCUT2D eigenvalue weighted by Crippen LogP contribution is -2.37. The number of rotatable bonds is 3. The maximum Gasteiger partial charge on any atom is 0.180 e. The minimum atomic E-state index is 0.437. The van der Waals surface area contributed by atoms with Crippen LogP contribution in [0.25, 0.3) is 0 Å². The molecule has 1 aromatic heterocycles. The molecule has 2 aliphatic heterocycles. The van der Waals surface area contributed by atoms with Crippen LogP contribution in [0.1, 0.15) is 25.0 Å². The van der Waals surface area contributed by atoms with Gasteiger partial charge >= 0.3 is 0 Å². The van der Waals surface area contributed by atoms with Gasteiger partial charge in [-0.15, -0.1) is 0 Å². The highest BCUT2D eigenvalue weighted by molar-refractivity contribution is 4.97. The lowest BCUT2D eigenvalue weighted by Gasteiger charge is -2.19. The highest BCUT2D eigenvalue weighted by atomic mass is 16.5. The van der Waals surface area contributed by atoms with Gasteiger partial charge in [-0.25, -0.2) is 4.98 Å². The highest BCUT2D eigenvalue weighted by Crippen LogP contribution is 2.34. The number of oxazole rings is 1. The number of nitrogens with zero attached hydrogens (tertiary/aromatic N) is 1. The van der Waals surface area contributed by atoms with Crippen LogP contribution in [0, 0.1) is 0 Å². The molecule has 2 aliphatic rings. The van der Waals surface area contributed by atoms with Gasteiger partial charge in [-0.2, -0.15) is 0 Å². The molecule has 1 aromatic rings. The van der Waals surface area contributed by atoms with E-state index in [9.17, 15) is 0 Å². The fourth-order valence-corrected chi connectivity index (χ4v) is 2.41. The fourth-order valence-electron chi connectivity index (χ4n) is 2.41. The normalized spacial score (nSPS) is 35.3. The van der Waals surface area contributed by atoms with Crippen molar-refractivity contribution in [1.29, 1.82) is 0 Å². The molecule has 1 N–H and O–H groups in total. The average Bonchev–Trinajstić information content (AvgIpc) is 2.91. The summed E-state index contributed by atoms with van der Waals surface area (Å²) in [5, 5.41) is 3.47. The Morgan fingerprint density at radius 1 is 1.50 bits per heavy atom. The Bertz CT molecular complexity index is 299. The first-order chi connectivity index (χ1) is 6.92. The van der Waals surface area contributed by atoms with Gasteiger partial charge in [0.1, 0.15) is 6.26 Å². The molecule has 2 saturated heterocycles. The Morgan fingerprint density at radius 3 is 3.14 bits per heavy atom. The topological polar surface area (TPSA) is 47.3 Å².